The molecule has 26 heavy (non-hydrogen) atoms. The van der Waals surface area contributed by atoms with E-state index >= 15 is 0 Å². The minimum Gasteiger partial charge on any atom is -0.334 e. The van der Waals surface area contributed by atoms with Crippen molar-refractivity contribution in [2.45, 2.75) is 18.4 Å². The summed E-state index contributed by atoms with van der Waals surface area (Å²) >= 11 is 0. The Labute approximate surface area is 150 Å². The molecular formula is C19H19N5O2. The zero-order valence-corrected chi connectivity index (χ0v) is 14.3. The van der Waals surface area contributed by atoms with Crippen LogP contribution in [0.25, 0.3) is 5.69 Å². The van der Waals surface area contributed by atoms with E-state index < -0.39 is 0 Å². The normalized spacial score (nSPS) is 18.3. The maximum absolute atomic E-state index is 12.2. The van der Waals surface area contributed by atoms with E-state index in [-0.39, 0.29) is 17.8 Å². The monoisotopic (exact) mass is 349 g/mol. The molecule has 1 aromatic heterocycles. The number of aryl methyl sites for hydroxylation is 1. The molecule has 1 aliphatic carbocycles. The fourth-order valence-electron chi connectivity index (χ4n) is 3.00. The van der Waals surface area contributed by atoms with Gasteiger partial charge in [0.15, 0.2) is 0 Å². The summed E-state index contributed by atoms with van der Waals surface area (Å²) in [6.07, 6.45) is 2.42. The molecule has 7 heteroatoms. The number of benzene rings is 2. The fourth-order valence-corrected chi connectivity index (χ4v) is 3.00. The molecule has 7 nitrogen and oxygen atoms in total. The third-order valence-corrected chi connectivity index (χ3v) is 4.53. The predicted octanol–water partition coefficient (Wildman–Crippen LogP) is 2.25. The standard InChI is InChI=1S/C19H19N5O2/c1-23-12-20-24(19(23)26)15-9-7-14(8-10-15)21-18(25)22-17-11-16(17)13-5-3-2-4-6-13/h2-10,12,16-17H,11H2,1H3,(H2,21,22,25)/t16-,17-/m1/s1. The summed E-state index contributed by atoms with van der Waals surface area (Å²) in [6, 6.07) is 17.1. The van der Waals surface area contributed by atoms with Crippen molar-refractivity contribution in [2.75, 3.05) is 5.32 Å². The van der Waals surface area contributed by atoms with Crippen LogP contribution in [0.3, 0.4) is 0 Å². The third kappa shape index (κ3) is 3.23. The minimum atomic E-state index is -0.226. The lowest BCUT2D eigenvalue weighted by molar-refractivity contribution is 0.251. The molecule has 0 unspecified atom stereocenters. The summed E-state index contributed by atoms with van der Waals surface area (Å²) in [5.41, 5.74) is 2.34. The highest BCUT2D eigenvalue weighted by molar-refractivity contribution is 5.89. The van der Waals surface area contributed by atoms with Crippen LogP contribution in [0.5, 0.6) is 0 Å². The highest BCUT2D eigenvalue weighted by atomic mass is 16.2. The van der Waals surface area contributed by atoms with Gasteiger partial charge in [-0.3, -0.25) is 4.57 Å². The lowest BCUT2D eigenvalue weighted by atomic mass is 10.1. The molecule has 3 aromatic rings. The van der Waals surface area contributed by atoms with Crippen LogP contribution < -0.4 is 16.3 Å². The van der Waals surface area contributed by atoms with E-state index in [0.29, 0.717) is 17.3 Å². The van der Waals surface area contributed by atoms with E-state index in [2.05, 4.69) is 27.9 Å². The Morgan fingerprint density at radius 2 is 1.85 bits per heavy atom. The first-order valence-corrected chi connectivity index (χ1v) is 8.45. The molecule has 0 bridgehead atoms. The maximum atomic E-state index is 12.2. The Kier molecular flexibility index (Phi) is 4.04. The van der Waals surface area contributed by atoms with Gasteiger partial charge in [0.25, 0.3) is 0 Å². The van der Waals surface area contributed by atoms with E-state index in [4.69, 9.17) is 0 Å². The Balaban J connectivity index is 1.35. The van der Waals surface area contributed by atoms with Crippen molar-refractivity contribution in [3.8, 4) is 5.69 Å². The first kappa shape index (κ1) is 16.1. The van der Waals surface area contributed by atoms with Crippen molar-refractivity contribution in [1.82, 2.24) is 19.7 Å². The molecule has 2 atom stereocenters. The second kappa shape index (κ2) is 6.51. The van der Waals surface area contributed by atoms with Crippen molar-refractivity contribution in [3.63, 3.8) is 0 Å². The largest absolute Gasteiger partial charge is 0.350 e. The molecule has 2 aromatic carbocycles. The summed E-state index contributed by atoms with van der Waals surface area (Å²) < 4.78 is 2.71. The average Bonchev–Trinajstić information content (AvgIpc) is 3.34. The topological polar surface area (TPSA) is 81.0 Å². The number of carbonyl (C=O) groups is 1. The maximum Gasteiger partial charge on any atom is 0.350 e. The van der Waals surface area contributed by atoms with Crippen molar-refractivity contribution in [2.24, 2.45) is 7.05 Å². The number of hydrogen-bond acceptors (Lipinski definition) is 3. The fraction of sp³-hybridized carbons (Fsp3) is 0.211. The number of amides is 2. The Morgan fingerprint density at radius 1 is 1.12 bits per heavy atom. The van der Waals surface area contributed by atoms with Crippen LogP contribution >= 0.6 is 0 Å². The molecule has 132 valence electrons. The summed E-state index contributed by atoms with van der Waals surface area (Å²) in [5, 5.41) is 9.84. The molecule has 1 aliphatic rings. The van der Waals surface area contributed by atoms with Crippen LogP contribution in [0.15, 0.2) is 65.7 Å². The van der Waals surface area contributed by atoms with Gasteiger partial charge in [-0.25, -0.2) is 9.59 Å². The number of carbonyl (C=O) groups excluding carboxylic acids is 1. The van der Waals surface area contributed by atoms with Crippen molar-refractivity contribution in [3.05, 3.63) is 77.0 Å². The highest BCUT2D eigenvalue weighted by Gasteiger charge is 2.39. The highest BCUT2D eigenvalue weighted by Crippen LogP contribution is 2.40. The summed E-state index contributed by atoms with van der Waals surface area (Å²) in [7, 11) is 1.65. The van der Waals surface area contributed by atoms with Gasteiger partial charge in [0.1, 0.15) is 6.33 Å². The smallest absolute Gasteiger partial charge is 0.334 e. The quantitative estimate of drug-likeness (QED) is 0.758. The lowest BCUT2D eigenvalue weighted by Gasteiger charge is -2.08. The van der Waals surface area contributed by atoms with Crippen LogP contribution in [0.2, 0.25) is 0 Å². The first-order chi connectivity index (χ1) is 12.6. The van der Waals surface area contributed by atoms with Gasteiger partial charge in [-0.2, -0.15) is 9.78 Å². The number of aromatic nitrogens is 3. The van der Waals surface area contributed by atoms with Crippen LogP contribution in [0, 0.1) is 0 Å². The van der Waals surface area contributed by atoms with Crippen LogP contribution in [0.1, 0.15) is 17.9 Å². The van der Waals surface area contributed by atoms with Gasteiger partial charge in [-0.1, -0.05) is 30.3 Å². The molecule has 4 rings (SSSR count). The number of nitrogens with one attached hydrogen (secondary N) is 2. The van der Waals surface area contributed by atoms with Crippen molar-refractivity contribution < 1.29 is 4.79 Å². The molecule has 0 radical (unpaired) electrons. The molecule has 1 saturated carbocycles. The van der Waals surface area contributed by atoms with Crippen LogP contribution in [0.4, 0.5) is 10.5 Å². The summed E-state index contributed by atoms with van der Waals surface area (Å²) in [4.78, 5) is 24.1. The second-order valence-electron chi connectivity index (χ2n) is 6.44. The molecular weight excluding hydrogens is 330 g/mol. The number of nitrogens with zero attached hydrogens (tertiary/aromatic N) is 3. The zero-order chi connectivity index (χ0) is 18.1. The second-order valence-corrected chi connectivity index (χ2v) is 6.44. The van der Waals surface area contributed by atoms with Gasteiger partial charge in [0.2, 0.25) is 0 Å². The molecule has 2 amide bonds. The molecule has 0 aliphatic heterocycles. The third-order valence-electron chi connectivity index (χ3n) is 4.53. The molecule has 0 spiro atoms. The lowest BCUT2D eigenvalue weighted by Crippen LogP contribution is -2.31. The van der Waals surface area contributed by atoms with Crippen molar-refractivity contribution >= 4 is 11.7 Å². The Morgan fingerprint density at radius 3 is 2.50 bits per heavy atom. The van der Waals surface area contributed by atoms with Gasteiger partial charge in [-0.05, 0) is 36.2 Å². The predicted molar refractivity (Wildman–Crippen MR) is 98.5 cm³/mol. The number of urea groups is 1. The van der Waals surface area contributed by atoms with Gasteiger partial charge in [0.05, 0.1) is 5.69 Å². The zero-order valence-electron chi connectivity index (χ0n) is 14.3. The van der Waals surface area contributed by atoms with Gasteiger partial charge >= 0.3 is 11.7 Å². The van der Waals surface area contributed by atoms with Crippen molar-refractivity contribution in [1.29, 1.82) is 0 Å². The van der Waals surface area contributed by atoms with E-state index in [0.717, 1.165) is 6.42 Å². The van der Waals surface area contributed by atoms with Crippen LogP contribution in [-0.4, -0.2) is 26.4 Å². The van der Waals surface area contributed by atoms with E-state index in [9.17, 15) is 9.59 Å². The number of hydrogen-bond donors (Lipinski definition) is 2. The Bertz CT molecular complexity index is 975. The van der Waals surface area contributed by atoms with Gasteiger partial charge in [0, 0.05) is 24.7 Å². The molecule has 0 saturated heterocycles. The van der Waals surface area contributed by atoms with E-state index in [1.807, 2.05) is 18.2 Å². The van der Waals surface area contributed by atoms with E-state index in [1.54, 1.807) is 31.3 Å². The average molecular weight is 349 g/mol. The Hall–Kier alpha value is -3.35. The number of anilines is 1. The molecule has 1 fully saturated rings. The first-order valence-electron chi connectivity index (χ1n) is 8.45. The van der Waals surface area contributed by atoms with Gasteiger partial charge in [-0.15, -0.1) is 0 Å². The summed E-state index contributed by atoms with van der Waals surface area (Å²) in [6.45, 7) is 0. The number of rotatable bonds is 4. The molecule has 2 N–H and O–H groups in total. The van der Waals surface area contributed by atoms with E-state index in [1.165, 1.54) is 21.1 Å². The summed E-state index contributed by atoms with van der Waals surface area (Å²) in [5.74, 6) is 0.389. The minimum absolute atomic E-state index is 0.170. The van der Waals surface area contributed by atoms with Crippen LogP contribution in [-0.2, 0) is 7.05 Å². The van der Waals surface area contributed by atoms with Gasteiger partial charge < -0.3 is 10.6 Å². The SMILES string of the molecule is Cn1cnn(-c2ccc(NC(=O)N[C@@H]3C[C@@H]3c3ccccc3)cc2)c1=O. The molecule has 1 heterocycles.